The van der Waals surface area contributed by atoms with Crippen LogP contribution in [0.25, 0.3) is 11.2 Å². The summed E-state index contributed by atoms with van der Waals surface area (Å²) in [7, 11) is 0. The molecular weight excluding hydrogens is 370 g/mol. The van der Waals surface area contributed by atoms with E-state index in [4.69, 9.17) is 14.7 Å². The predicted molar refractivity (Wildman–Crippen MR) is 112 cm³/mol. The summed E-state index contributed by atoms with van der Waals surface area (Å²) in [4.78, 5) is 23.8. The van der Waals surface area contributed by atoms with Crippen LogP contribution in [-0.4, -0.2) is 26.6 Å². The summed E-state index contributed by atoms with van der Waals surface area (Å²) in [5.41, 5.74) is 4.04. The number of carbonyl (C=O) groups is 1. The number of ether oxygens (including phenoxy) is 1. The van der Waals surface area contributed by atoms with Gasteiger partial charge in [0.05, 0.1) is 6.54 Å². The number of nitrogens with zero attached hydrogens (tertiary/aromatic N) is 3. The highest BCUT2D eigenvalue weighted by Crippen LogP contribution is 2.26. The number of hydrogen-bond acceptors (Lipinski definition) is 5. The van der Waals surface area contributed by atoms with E-state index >= 15 is 0 Å². The Morgan fingerprint density at radius 3 is 2.75 bits per heavy atom. The van der Waals surface area contributed by atoms with Crippen LogP contribution < -0.4 is 0 Å². The van der Waals surface area contributed by atoms with E-state index < -0.39 is 0 Å². The lowest BCUT2D eigenvalue weighted by Gasteiger charge is -2.21. The Labute approximate surface area is 169 Å². The molecule has 0 unspecified atom stereocenters. The van der Waals surface area contributed by atoms with Gasteiger partial charge >= 0.3 is 5.97 Å². The van der Waals surface area contributed by atoms with E-state index in [0.29, 0.717) is 11.4 Å². The molecule has 0 spiro atoms. The van der Waals surface area contributed by atoms with Gasteiger partial charge in [0.1, 0.15) is 22.3 Å². The maximum Gasteiger partial charge on any atom is 0.348 e. The second-order valence-electron chi connectivity index (χ2n) is 7.65. The molecule has 1 aliphatic rings. The lowest BCUT2D eigenvalue weighted by atomic mass is 9.98. The molecule has 5 nitrogen and oxygen atoms in total. The van der Waals surface area contributed by atoms with E-state index in [0.717, 1.165) is 65.2 Å². The highest BCUT2D eigenvalue weighted by atomic mass is 32.1. The van der Waals surface area contributed by atoms with E-state index in [1.54, 1.807) is 0 Å². The van der Waals surface area contributed by atoms with E-state index in [1.807, 2.05) is 19.1 Å². The minimum absolute atomic E-state index is 0.0891. The van der Waals surface area contributed by atoms with E-state index in [1.165, 1.54) is 17.8 Å². The zero-order valence-corrected chi connectivity index (χ0v) is 17.6. The molecule has 0 aromatic carbocycles. The number of thiophene rings is 1. The van der Waals surface area contributed by atoms with Gasteiger partial charge in [0.2, 0.25) is 0 Å². The quantitative estimate of drug-likeness (QED) is 0.555. The fourth-order valence-corrected chi connectivity index (χ4v) is 4.88. The Hall–Kier alpha value is -2.21. The average molecular weight is 398 g/mol. The Morgan fingerprint density at radius 1 is 1.21 bits per heavy atom. The van der Waals surface area contributed by atoms with Gasteiger partial charge in [-0.1, -0.05) is 13.3 Å². The Morgan fingerprint density at radius 2 is 2.00 bits per heavy atom. The van der Waals surface area contributed by atoms with Crippen LogP contribution in [-0.2, 0) is 17.7 Å². The first-order valence-electron chi connectivity index (χ1n) is 10.2. The summed E-state index contributed by atoms with van der Waals surface area (Å²) in [5.74, 6) is 0.843. The number of imidazole rings is 1. The highest BCUT2D eigenvalue weighted by Gasteiger charge is 2.20. The molecule has 1 fully saturated rings. The molecule has 148 valence electrons. The largest absolute Gasteiger partial charge is 0.458 e. The summed E-state index contributed by atoms with van der Waals surface area (Å²) < 4.78 is 7.89. The van der Waals surface area contributed by atoms with Crippen molar-refractivity contribution in [2.75, 3.05) is 0 Å². The molecule has 0 bridgehead atoms. The van der Waals surface area contributed by atoms with Crippen molar-refractivity contribution in [2.45, 2.75) is 71.9 Å². The van der Waals surface area contributed by atoms with Crippen molar-refractivity contribution in [1.82, 2.24) is 14.5 Å². The fourth-order valence-electron chi connectivity index (χ4n) is 4.01. The van der Waals surface area contributed by atoms with Gasteiger partial charge in [0.25, 0.3) is 0 Å². The summed E-state index contributed by atoms with van der Waals surface area (Å²) in [6.07, 6.45) is 6.50. The molecule has 0 radical (unpaired) electrons. The van der Waals surface area contributed by atoms with E-state index in [9.17, 15) is 4.79 Å². The van der Waals surface area contributed by atoms with Gasteiger partial charge in [-0.15, -0.1) is 11.3 Å². The monoisotopic (exact) mass is 397 g/mol. The molecule has 4 rings (SSSR count). The minimum Gasteiger partial charge on any atom is -0.458 e. The van der Waals surface area contributed by atoms with Gasteiger partial charge in [0, 0.05) is 17.0 Å². The summed E-state index contributed by atoms with van der Waals surface area (Å²) >= 11 is 1.51. The first-order chi connectivity index (χ1) is 13.5. The number of aryl methyl sites for hydroxylation is 3. The van der Waals surface area contributed by atoms with Crippen LogP contribution in [0.15, 0.2) is 18.2 Å². The molecule has 0 amide bonds. The van der Waals surface area contributed by atoms with Crippen LogP contribution in [0.1, 0.15) is 70.7 Å². The Kier molecular flexibility index (Phi) is 5.49. The molecule has 0 N–H and O–H groups in total. The lowest BCUT2D eigenvalue weighted by molar-refractivity contribution is 0.0217. The van der Waals surface area contributed by atoms with Crippen molar-refractivity contribution in [2.24, 2.45) is 0 Å². The third-order valence-corrected chi connectivity index (χ3v) is 6.47. The Bertz CT molecular complexity index is 999. The van der Waals surface area contributed by atoms with Crippen LogP contribution in [0.3, 0.4) is 0 Å². The van der Waals surface area contributed by atoms with Gasteiger partial charge in [-0.3, -0.25) is 0 Å². The molecule has 6 heteroatoms. The minimum atomic E-state index is -0.181. The molecule has 0 saturated heterocycles. The van der Waals surface area contributed by atoms with Crippen molar-refractivity contribution in [1.29, 1.82) is 0 Å². The molecule has 28 heavy (non-hydrogen) atoms. The SMILES string of the molecule is CCc1nc2c(C)cc(C)nc2n1Cc1ccc(C(=O)OC2CCCCC2)s1. The number of hydrogen-bond donors (Lipinski definition) is 0. The lowest BCUT2D eigenvalue weighted by Crippen LogP contribution is -2.20. The normalized spacial score (nSPS) is 15.2. The molecule has 0 aliphatic heterocycles. The number of carbonyl (C=O) groups excluding carboxylic acids is 1. The van der Waals surface area contributed by atoms with Crippen molar-refractivity contribution in [3.05, 3.63) is 45.0 Å². The summed E-state index contributed by atoms with van der Waals surface area (Å²) in [5, 5.41) is 0. The predicted octanol–water partition coefficient (Wildman–Crippen LogP) is 5.21. The second kappa shape index (κ2) is 8.03. The number of aromatic nitrogens is 3. The molecule has 1 aliphatic carbocycles. The van der Waals surface area contributed by atoms with Crippen LogP contribution in [0.5, 0.6) is 0 Å². The first-order valence-corrected chi connectivity index (χ1v) is 11.0. The molecule has 1 saturated carbocycles. The van der Waals surface area contributed by atoms with Crippen molar-refractivity contribution < 1.29 is 9.53 Å². The number of pyridine rings is 1. The zero-order chi connectivity index (χ0) is 19.7. The topological polar surface area (TPSA) is 57.0 Å². The molecule has 3 aromatic rings. The molecule has 0 atom stereocenters. The summed E-state index contributed by atoms with van der Waals surface area (Å²) in [6.45, 7) is 6.89. The highest BCUT2D eigenvalue weighted by molar-refractivity contribution is 7.13. The van der Waals surface area contributed by atoms with Gasteiger partial charge < -0.3 is 9.30 Å². The Balaban J connectivity index is 1.56. The second-order valence-corrected chi connectivity index (χ2v) is 8.82. The van der Waals surface area contributed by atoms with Crippen LogP contribution >= 0.6 is 11.3 Å². The van der Waals surface area contributed by atoms with Crippen molar-refractivity contribution in [3.8, 4) is 0 Å². The van der Waals surface area contributed by atoms with Crippen LogP contribution in [0.4, 0.5) is 0 Å². The van der Waals surface area contributed by atoms with Crippen LogP contribution in [0, 0.1) is 13.8 Å². The molecular formula is C22H27N3O2S. The maximum atomic E-state index is 12.5. The van der Waals surface area contributed by atoms with Crippen molar-refractivity contribution in [3.63, 3.8) is 0 Å². The number of esters is 1. The molecule has 3 heterocycles. The fraction of sp³-hybridized carbons (Fsp3) is 0.500. The third kappa shape index (κ3) is 3.83. The maximum absolute atomic E-state index is 12.5. The molecule has 3 aromatic heterocycles. The van der Waals surface area contributed by atoms with Gasteiger partial charge in [0.15, 0.2) is 5.65 Å². The van der Waals surface area contributed by atoms with E-state index in [2.05, 4.69) is 24.5 Å². The van der Waals surface area contributed by atoms with Gasteiger partial charge in [-0.05, 0) is 63.3 Å². The smallest absolute Gasteiger partial charge is 0.348 e. The number of rotatable bonds is 5. The third-order valence-electron chi connectivity index (χ3n) is 5.42. The summed E-state index contributed by atoms with van der Waals surface area (Å²) in [6, 6.07) is 5.99. The van der Waals surface area contributed by atoms with E-state index in [-0.39, 0.29) is 12.1 Å². The average Bonchev–Trinajstić information content (AvgIpc) is 3.28. The zero-order valence-electron chi connectivity index (χ0n) is 16.8. The number of fused-ring (bicyclic) bond motifs is 1. The van der Waals surface area contributed by atoms with Crippen molar-refractivity contribution >= 4 is 28.5 Å². The van der Waals surface area contributed by atoms with Gasteiger partial charge in [-0.2, -0.15) is 0 Å². The standard InChI is InChI=1S/C22H27N3O2S/c1-4-19-24-20-14(2)12-15(3)23-21(20)25(19)13-17-10-11-18(28-17)22(26)27-16-8-6-5-7-9-16/h10-12,16H,4-9,13H2,1-3H3. The van der Waals surface area contributed by atoms with Gasteiger partial charge in [-0.25, -0.2) is 14.8 Å². The first kappa shape index (κ1) is 19.1. The van der Waals surface area contributed by atoms with Crippen LogP contribution in [0.2, 0.25) is 0 Å².